The van der Waals surface area contributed by atoms with Crippen molar-refractivity contribution in [1.29, 1.82) is 0 Å². The summed E-state index contributed by atoms with van der Waals surface area (Å²) in [6, 6.07) is 14.7. The predicted molar refractivity (Wildman–Crippen MR) is 105 cm³/mol. The second-order valence-corrected chi connectivity index (χ2v) is 6.85. The highest BCUT2D eigenvalue weighted by molar-refractivity contribution is 6.04. The lowest BCUT2D eigenvalue weighted by Gasteiger charge is -2.11. The molecule has 0 bridgehead atoms. The summed E-state index contributed by atoms with van der Waals surface area (Å²) in [5.41, 5.74) is 2.59. The van der Waals surface area contributed by atoms with Gasteiger partial charge in [-0.25, -0.2) is 0 Å². The van der Waals surface area contributed by atoms with Gasteiger partial charge in [0.2, 0.25) is 0 Å². The van der Waals surface area contributed by atoms with E-state index >= 15 is 0 Å². The molecule has 1 fully saturated rings. The predicted octanol–water partition coefficient (Wildman–Crippen LogP) is 2.40. The number of hydrogen-bond acceptors (Lipinski definition) is 4. The van der Waals surface area contributed by atoms with Crippen molar-refractivity contribution >= 4 is 22.7 Å². The zero-order chi connectivity index (χ0) is 19.3. The van der Waals surface area contributed by atoms with Crippen LogP contribution in [-0.2, 0) is 11.3 Å². The summed E-state index contributed by atoms with van der Waals surface area (Å²) in [5.74, 6) is -0.396. The molecule has 4 rings (SSSR count). The van der Waals surface area contributed by atoms with E-state index in [0.717, 1.165) is 35.9 Å². The van der Waals surface area contributed by atoms with Crippen LogP contribution in [0.1, 0.15) is 39.3 Å². The third-order valence-electron chi connectivity index (χ3n) is 4.84. The van der Waals surface area contributed by atoms with E-state index in [-0.39, 0.29) is 17.9 Å². The smallest absolute Gasteiger partial charge is 0.272 e. The average Bonchev–Trinajstić information content (AvgIpc) is 3.40. The molecule has 144 valence electrons. The van der Waals surface area contributed by atoms with Crippen LogP contribution >= 0.6 is 0 Å². The molecule has 0 spiro atoms. The van der Waals surface area contributed by atoms with Gasteiger partial charge < -0.3 is 15.4 Å². The summed E-state index contributed by atoms with van der Waals surface area (Å²) in [5, 5.41) is 13.5. The topological polar surface area (TPSA) is 96.1 Å². The standard InChI is InChI=1S/C21H22N4O3/c26-20(23-13-16-7-4-10-28-16)15-6-3-5-14(11-15)12-22-21(27)19-17-8-1-2-9-18(17)24-25-19/h1-3,5-6,8-9,11,16H,4,7,10,12-13H2,(H,22,27)(H,23,26)(H,24,25). The van der Waals surface area contributed by atoms with E-state index in [1.54, 1.807) is 12.1 Å². The number of carbonyl (C=O) groups is 2. The van der Waals surface area contributed by atoms with E-state index in [9.17, 15) is 9.59 Å². The molecule has 0 radical (unpaired) electrons. The van der Waals surface area contributed by atoms with Crippen molar-refractivity contribution < 1.29 is 14.3 Å². The normalized spacial score (nSPS) is 16.2. The first-order chi connectivity index (χ1) is 13.7. The Morgan fingerprint density at radius 3 is 2.86 bits per heavy atom. The quantitative estimate of drug-likeness (QED) is 0.614. The molecule has 1 atom stereocenters. The molecule has 3 N–H and O–H groups in total. The zero-order valence-corrected chi connectivity index (χ0v) is 15.4. The highest BCUT2D eigenvalue weighted by Crippen LogP contribution is 2.15. The largest absolute Gasteiger partial charge is 0.376 e. The second kappa shape index (κ2) is 8.22. The summed E-state index contributed by atoms with van der Waals surface area (Å²) in [6.07, 6.45) is 2.13. The molecular formula is C21H22N4O3. The van der Waals surface area contributed by atoms with Gasteiger partial charge in [-0.2, -0.15) is 5.10 Å². The van der Waals surface area contributed by atoms with E-state index in [2.05, 4.69) is 20.8 Å². The number of nitrogens with zero attached hydrogens (tertiary/aromatic N) is 1. The third kappa shape index (κ3) is 4.04. The molecule has 0 saturated carbocycles. The third-order valence-corrected chi connectivity index (χ3v) is 4.84. The van der Waals surface area contributed by atoms with Gasteiger partial charge in [-0.3, -0.25) is 14.7 Å². The molecule has 1 aromatic heterocycles. The number of benzene rings is 2. The van der Waals surface area contributed by atoms with Crippen LogP contribution in [0, 0.1) is 0 Å². The lowest BCUT2D eigenvalue weighted by Crippen LogP contribution is -2.31. The Bertz CT molecular complexity index is 992. The van der Waals surface area contributed by atoms with E-state index in [4.69, 9.17) is 4.74 Å². The molecule has 7 heteroatoms. The molecular weight excluding hydrogens is 356 g/mol. The number of carbonyl (C=O) groups excluding carboxylic acids is 2. The second-order valence-electron chi connectivity index (χ2n) is 6.85. The number of amides is 2. The summed E-state index contributed by atoms with van der Waals surface area (Å²) >= 11 is 0. The van der Waals surface area contributed by atoms with Crippen LogP contribution in [0.3, 0.4) is 0 Å². The summed E-state index contributed by atoms with van der Waals surface area (Å²) < 4.78 is 5.52. The Balaban J connectivity index is 1.36. The van der Waals surface area contributed by atoms with E-state index in [0.29, 0.717) is 24.3 Å². The van der Waals surface area contributed by atoms with Crippen LogP contribution in [0.15, 0.2) is 48.5 Å². The van der Waals surface area contributed by atoms with Crippen molar-refractivity contribution in [3.8, 4) is 0 Å². The fourth-order valence-corrected chi connectivity index (χ4v) is 3.34. The molecule has 2 heterocycles. The molecule has 3 aromatic rings. The first kappa shape index (κ1) is 18.2. The Morgan fingerprint density at radius 2 is 2.00 bits per heavy atom. The minimum atomic E-state index is -0.259. The van der Waals surface area contributed by atoms with Crippen LogP contribution in [0.4, 0.5) is 0 Å². The van der Waals surface area contributed by atoms with Gasteiger partial charge >= 0.3 is 0 Å². The first-order valence-corrected chi connectivity index (χ1v) is 9.41. The highest BCUT2D eigenvalue weighted by Gasteiger charge is 2.17. The lowest BCUT2D eigenvalue weighted by molar-refractivity contribution is 0.0857. The fraction of sp³-hybridized carbons (Fsp3) is 0.286. The number of aromatic nitrogens is 2. The van der Waals surface area contributed by atoms with Crippen LogP contribution in [-0.4, -0.2) is 41.3 Å². The molecule has 7 nitrogen and oxygen atoms in total. The van der Waals surface area contributed by atoms with Crippen molar-refractivity contribution in [3.05, 3.63) is 65.4 Å². The van der Waals surface area contributed by atoms with Crippen LogP contribution in [0.25, 0.3) is 10.9 Å². The van der Waals surface area contributed by atoms with Crippen LogP contribution < -0.4 is 10.6 Å². The van der Waals surface area contributed by atoms with Crippen molar-refractivity contribution in [1.82, 2.24) is 20.8 Å². The Labute approximate surface area is 162 Å². The average molecular weight is 378 g/mol. The van der Waals surface area contributed by atoms with Gasteiger partial charge in [0, 0.05) is 30.6 Å². The number of para-hydroxylation sites is 1. The van der Waals surface area contributed by atoms with Gasteiger partial charge in [0.1, 0.15) is 0 Å². The Kier molecular flexibility index (Phi) is 5.34. The SMILES string of the molecule is O=C(NCC1CCCO1)c1cccc(CNC(=O)c2n[nH]c3ccccc23)c1. The lowest BCUT2D eigenvalue weighted by atomic mass is 10.1. The maximum absolute atomic E-state index is 12.5. The van der Waals surface area contributed by atoms with E-state index in [1.165, 1.54) is 0 Å². The first-order valence-electron chi connectivity index (χ1n) is 9.41. The molecule has 1 unspecified atom stereocenters. The monoisotopic (exact) mass is 378 g/mol. The number of H-pyrrole nitrogens is 1. The van der Waals surface area contributed by atoms with Gasteiger partial charge in [0.05, 0.1) is 11.6 Å². The maximum atomic E-state index is 12.5. The molecule has 2 amide bonds. The van der Waals surface area contributed by atoms with Crippen LogP contribution in [0.5, 0.6) is 0 Å². The summed E-state index contributed by atoms with van der Waals surface area (Å²) in [4.78, 5) is 24.8. The maximum Gasteiger partial charge on any atom is 0.272 e. The molecule has 2 aromatic carbocycles. The molecule has 1 saturated heterocycles. The van der Waals surface area contributed by atoms with E-state index < -0.39 is 0 Å². The number of rotatable bonds is 6. The Morgan fingerprint density at radius 1 is 1.11 bits per heavy atom. The van der Waals surface area contributed by atoms with E-state index in [1.807, 2.05) is 36.4 Å². The Hall–Kier alpha value is -3.19. The summed E-state index contributed by atoms with van der Waals surface area (Å²) in [6.45, 7) is 1.60. The fourth-order valence-electron chi connectivity index (χ4n) is 3.34. The molecule has 0 aliphatic carbocycles. The minimum Gasteiger partial charge on any atom is -0.376 e. The van der Waals surface area contributed by atoms with Crippen molar-refractivity contribution in [3.63, 3.8) is 0 Å². The summed E-state index contributed by atoms with van der Waals surface area (Å²) in [7, 11) is 0. The molecule has 28 heavy (non-hydrogen) atoms. The van der Waals surface area contributed by atoms with Gasteiger partial charge in [-0.15, -0.1) is 0 Å². The number of ether oxygens (including phenoxy) is 1. The zero-order valence-electron chi connectivity index (χ0n) is 15.4. The number of aromatic amines is 1. The molecule has 1 aliphatic rings. The van der Waals surface area contributed by atoms with Crippen molar-refractivity contribution in [2.75, 3.05) is 13.2 Å². The van der Waals surface area contributed by atoms with Crippen molar-refractivity contribution in [2.45, 2.75) is 25.5 Å². The van der Waals surface area contributed by atoms with Crippen LogP contribution in [0.2, 0.25) is 0 Å². The van der Waals surface area contributed by atoms with Gasteiger partial charge in [0.15, 0.2) is 5.69 Å². The van der Waals surface area contributed by atoms with Gasteiger partial charge in [-0.05, 0) is 36.6 Å². The number of fused-ring (bicyclic) bond motifs is 1. The highest BCUT2D eigenvalue weighted by atomic mass is 16.5. The van der Waals surface area contributed by atoms with Gasteiger partial charge in [-0.1, -0.05) is 30.3 Å². The van der Waals surface area contributed by atoms with Crippen molar-refractivity contribution in [2.24, 2.45) is 0 Å². The number of hydrogen-bond donors (Lipinski definition) is 3. The minimum absolute atomic E-state index is 0.107. The number of nitrogens with one attached hydrogen (secondary N) is 3. The van der Waals surface area contributed by atoms with Gasteiger partial charge in [0.25, 0.3) is 11.8 Å². The molecule has 1 aliphatic heterocycles.